The Labute approximate surface area is 149 Å². The Morgan fingerprint density at radius 2 is 1.69 bits per heavy atom. The van der Waals surface area contributed by atoms with Crippen molar-refractivity contribution in [2.45, 2.75) is 13.8 Å². The standard InChI is InChI=1S/C19H18F2N4O/c1-3-25(4-2)18-17(22-14-7-5-6-8-15(14)23-18)19(26)24-16-11-12(20)9-10-13(16)21/h5-11H,3-4H2,1-2H3,(H,24,26). The van der Waals surface area contributed by atoms with Gasteiger partial charge in [0.15, 0.2) is 11.5 Å². The number of carbonyl (C=O) groups is 1. The van der Waals surface area contributed by atoms with E-state index in [0.717, 1.165) is 18.2 Å². The number of anilines is 2. The summed E-state index contributed by atoms with van der Waals surface area (Å²) in [6.07, 6.45) is 0. The number of carbonyl (C=O) groups excluding carboxylic acids is 1. The first-order valence-electron chi connectivity index (χ1n) is 8.31. The predicted molar refractivity (Wildman–Crippen MR) is 97.4 cm³/mol. The summed E-state index contributed by atoms with van der Waals surface area (Å²) in [4.78, 5) is 23.6. The van der Waals surface area contributed by atoms with Crippen molar-refractivity contribution in [2.75, 3.05) is 23.3 Å². The molecular formula is C19H18F2N4O. The van der Waals surface area contributed by atoms with E-state index in [1.807, 2.05) is 30.9 Å². The summed E-state index contributed by atoms with van der Waals surface area (Å²) in [5.41, 5.74) is 1.03. The number of aromatic nitrogens is 2. The van der Waals surface area contributed by atoms with Crippen molar-refractivity contribution in [3.63, 3.8) is 0 Å². The zero-order valence-electron chi connectivity index (χ0n) is 14.5. The molecule has 0 radical (unpaired) electrons. The third-order valence-corrected chi connectivity index (χ3v) is 4.01. The summed E-state index contributed by atoms with van der Waals surface area (Å²) in [5.74, 6) is -1.61. The van der Waals surface area contributed by atoms with Gasteiger partial charge in [0.25, 0.3) is 5.91 Å². The maximum Gasteiger partial charge on any atom is 0.278 e. The van der Waals surface area contributed by atoms with Crippen LogP contribution in [-0.2, 0) is 0 Å². The fourth-order valence-electron chi connectivity index (χ4n) is 2.66. The number of amides is 1. The fraction of sp³-hybridized carbons (Fsp3) is 0.211. The maximum atomic E-state index is 13.9. The van der Waals surface area contributed by atoms with E-state index in [1.165, 1.54) is 0 Å². The van der Waals surface area contributed by atoms with Crippen LogP contribution in [0.15, 0.2) is 42.5 Å². The van der Waals surface area contributed by atoms with Gasteiger partial charge in [0.2, 0.25) is 0 Å². The van der Waals surface area contributed by atoms with Crippen LogP contribution < -0.4 is 10.2 Å². The zero-order valence-corrected chi connectivity index (χ0v) is 14.5. The first-order valence-corrected chi connectivity index (χ1v) is 8.31. The normalized spacial score (nSPS) is 10.8. The predicted octanol–water partition coefficient (Wildman–Crippen LogP) is 4.01. The van der Waals surface area contributed by atoms with Crippen LogP contribution >= 0.6 is 0 Å². The number of rotatable bonds is 5. The average Bonchev–Trinajstić information content (AvgIpc) is 2.65. The molecule has 1 N–H and O–H groups in total. The first kappa shape index (κ1) is 17.7. The van der Waals surface area contributed by atoms with Crippen molar-refractivity contribution < 1.29 is 13.6 Å². The lowest BCUT2D eigenvalue weighted by atomic mass is 10.2. The van der Waals surface area contributed by atoms with Gasteiger partial charge >= 0.3 is 0 Å². The molecule has 3 aromatic rings. The summed E-state index contributed by atoms with van der Waals surface area (Å²) in [5, 5.41) is 2.39. The second kappa shape index (κ2) is 7.43. The lowest BCUT2D eigenvalue weighted by Crippen LogP contribution is -2.28. The van der Waals surface area contributed by atoms with Crippen LogP contribution in [-0.4, -0.2) is 29.0 Å². The third kappa shape index (κ3) is 3.46. The molecule has 0 saturated heterocycles. The van der Waals surface area contributed by atoms with Crippen LogP contribution in [0.5, 0.6) is 0 Å². The molecule has 0 spiro atoms. The number of fused-ring (bicyclic) bond motifs is 1. The summed E-state index contributed by atoms with van der Waals surface area (Å²) in [7, 11) is 0. The molecule has 1 aromatic heterocycles. The Balaban J connectivity index is 2.07. The minimum atomic E-state index is -0.724. The Kier molecular flexibility index (Phi) is 5.06. The Hall–Kier alpha value is -3.09. The number of benzene rings is 2. The van der Waals surface area contributed by atoms with Gasteiger partial charge < -0.3 is 10.2 Å². The minimum Gasteiger partial charge on any atom is -0.355 e. The van der Waals surface area contributed by atoms with E-state index in [9.17, 15) is 13.6 Å². The average molecular weight is 356 g/mol. The molecule has 0 aliphatic heterocycles. The second-order valence-electron chi connectivity index (χ2n) is 5.64. The van der Waals surface area contributed by atoms with E-state index < -0.39 is 17.5 Å². The number of nitrogens with one attached hydrogen (secondary N) is 1. The molecule has 0 bridgehead atoms. The quantitative estimate of drug-likeness (QED) is 0.750. The van der Waals surface area contributed by atoms with Gasteiger partial charge in [0.1, 0.15) is 11.6 Å². The van der Waals surface area contributed by atoms with Crippen LogP contribution in [0.4, 0.5) is 20.3 Å². The molecule has 3 rings (SSSR count). The highest BCUT2D eigenvalue weighted by Gasteiger charge is 2.21. The number of hydrogen-bond donors (Lipinski definition) is 1. The van der Waals surface area contributed by atoms with E-state index in [4.69, 9.17) is 0 Å². The Morgan fingerprint density at radius 3 is 2.35 bits per heavy atom. The molecule has 1 heterocycles. The molecule has 0 saturated carbocycles. The largest absolute Gasteiger partial charge is 0.355 e. The highest BCUT2D eigenvalue weighted by molar-refractivity contribution is 6.07. The fourth-order valence-corrected chi connectivity index (χ4v) is 2.66. The van der Waals surface area contributed by atoms with Gasteiger partial charge in [0.05, 0.1) is 16.7 Å². The van der Waals surface area contributed by atoms with Crippen molar-refractivity contribution in [1.29, 1.82) is 0 Å². The van der Waals surface area contributed by atoms with Gasteiger partial charge in [-0.15, -0.1) is 0 Å². The van der Waals surface area contributed by atoms with Gasteiger partial charge in [0, 0.05) is 19.2 Å². The molecule has 0 aliphatic rings. The Morgan fingerprint density at radius 1 is 1.04 bits per heavy atom. The molecule has 0 aliphatic carbocycles. The number of hydrogen-bond acceptors (Lipinski definition) is 4. The smallest absolute Gasteiger partial charge is 0.278 e. The van der Waals surface area contributed by atoms with Crippen molar-refractivity contribution >= 4 is 28.4 Å². The van der Waals surface area contributed by atoms with Crippen molar-refractivity contribution in [1.82, 2.24) is 9.97 Å². The lowest BCUT2D eigenvalue weighted by Gasteiger charge is -2.22. The topological polar surface area (TPSA) is 58.1 Å². The molecule has 1 amide bonds. The second-order valence-corrected chi connectivity index (χ2v) is 5.64. The van der Waals surface area contributed by atoms with Crippen LogP contribution in [0.3, 0.4) is 0 Å². The van der Waals surface area contributed by atoms with Crippen molar-refractivity contribution in [3.8, 4) is 0 Å². The van der Waals surface area contributed by atoms with E-state index in [2.05, 4.69) is 15.3 Å². The van der Waals surface area contributed by atoms with Crippen molar-refractivity contribution in [2.24, 2.45) is 0 Å². The zero-order chi connectivity index (χ0) is 18.7. The highest BCUT2D eigenvalue weighted by Crippen LogP contribution is 2.23. The van der Waals surface area contributed by atoms with Crippen LogP contribution in [0.2, 0.25) is 0 Å². The molecule has 26 heavy (non-hydrogen) atoms. The lowest BCUT2D eigenvalue weighted by molar-refractivity contribution is 0.102. The summed E-state index contributed by atoms with van der Waals surface area (Å²) in [6, 6.07) is 10.1. The highest BCUT2D eigenvalue weighted by atomic mass is 19.1. The molecule has 2 aromatic carbocycles. The first-order chi connectivity index (χ1) is 12.5. The van der Waals surface area contributed by atoms with E-state index in [-0.39, 0.29) is 11.4 Å². The molecule has 0 fully saturated rings. The summed E-state index contributed by atoms with van der Waals surface area (Å²) >= 11 is 0. The van der Waals surface area contributed by atoms with Gasteiger partial charge in [-0.2, -0.15) is 0 Å². The van der Waals surface area contributed by atoms with Crippen LogP contribution in [0.25, 0.3) is 11.0 Å². The van der Waals surface area contributed by atoms with E-state index >= 15 is 0 Å². The van der Waals surface area contributed by atoms with Crippen LogP contribution in [0, 0.1) is 11.6 Å². The summed E-state index contributed by atoms with van der Waals surface area (Å²) in [6.45, 7) is 5.12. The van der Waals surface area contributed by atoms with Gasteiger partial charge in [-0.1, -0.05) is 12.1 Å². The third-order valence-electron chi connectivity index (χ3n) is 4.01. The van der Waals surface area contributed by atoms with Crippen molar-refractivity contribution in [3.05, 3.63) is 59.8 Å². The van der Waals surface area contributed by atoms with E-state index in [0.29, 0.717) is 29.9 Å². The molecule has 0 unspecified atom stereocenters. The number of para-hydroxylation sites is 2. The maximum absolute atomic E-state index is 13.9. The number of halogens is 2. The van der Waals surface area contributed by atoms with Gasteiger partial charge in [-0.25, -0.2) is 18.7 Å². The number of nitrogens with zero attached hydrogens (tertiary/aromatic N) is 3. The molecule has 7 heteroatoms. The SMILES string of the molecule is CCN(CC)c1nc2ccccc2nc1C(=O)Nc1cc(F)ccc1F. The molecular weight excluding hydrogens is 338 g/mol. The summed E-state index contributed by atoms with van der Waals surface area (Å²) < 4.78 is 27.2. The monoisotopic (exact) mass is 356 g/mol. The molecule has 134 valence electrons. The van der Waals surface area contributed by atoms with Crippen LogP contribution in [0.1, 0.15) is 24.3 Å². The van der Waals surface area contributed by atoms with Gasteiger partial charge in [-0.3, -0.25) is 4.79 Å². The van der Waals surface area contributed by atoms with Gasteiger partial charge in [-0.05, 0) is 38.1 Å². The van der Waals surface area contributed by atoms with E-state index in [1.54, 1.807) is 12.1 Å². The molecule has 5 nitrogen and oxygen atoms in total. The minimum absolute atomic E-state index is 0.0658. The molecule has 0 atom stereocenters. The Bertz CT molecular complexity index is 957.